The van der Waals surface area contributed by atoms with Crippen LogP contribution in [0.1, 0.15) is 29.6 Å². The predicted molar refractivity (Wildman–Crippen MR) is 150 cm³/mol. The van der Waals surface area contributed by atoms with E-state index < -0.39 is 0 Å². The Morgan fingerprint density at radius 2 is 1.77 bits per heavy atom. The molecule has 7 rings (SSSR count). The van der Waals surface area contributed by atoms with Crippen LogP contribution in [0.25, 0.3) is 17.0 Å². The lowest BCUT2D eigenvalue weighted by Gasteiger charge is -2.40. The number of ether oxygens (including phenoxy) is 1. The molecule has 0 unspecified atom stereocenters. The molecule has 0 aliphatic carbocycles. The number of thiazole rings is 1. The highest BCUT2D eigenvalue weighted by Gasteiger charge is 2.28. The molecule has 3 aliphatic heterocycles. The van der Waals surface area contributed by atoms with E-state index in [2.05, 4.69) is 25.1 Å². The molecule has 1 N–H and O–H groups in total. The number of aromatic nitrogens is 5. The Bertz CT molecular complexity index is 1440. The van der Waals surface area contributed by atoms with Crippen molar-refractivity contribution in [1.29, 1.82) is 0 Å². The molecule has 6 heterocycles. The molecule has 0 bridgehead atoms. The molecule has 0 radical (unpaired) electrons. The molecule has 3 aliphatic rings. The number of anilines is 3. The maximum absolute atomic E-state index is 12.6. The minimum Gasteiger partial charge on any atom is -0.379 e. The first-order chi connectivity index (χ1) is 19.2. The van der Waals surface area contributed by atoms with Crippen LogP contribution >= 0.6 is 11.3 Å². The number of likely N-dealkylation sites (tertiary alicyclic amines) is 1. The molecular weight excluding hydrogens is 514 g/mol. The van der Waals surface area contributed by atoms with Crippen LogP contribution in [0.15, 0.2) is 41.5 Å². The maximum Gasteiger partial charge on any atom is 0.253 e. The number of imidazole rings is 1. The fourth-order valence-electron chi connectivity index (χ4n) is 5.52. The Balaban J connectivity index is 1.17. The second-order valence-electron chi connectivity index (χ2n) is 10.2. The number of piperidine rings is 1. The van der Waals surface area contributed by atoms with Gasteiger partial charge in [-0.3, -0.25) is 14.3 Å². The summed E-state index contributed by atoms with van der Waals surface area (Å²) in [5.74, 6) is 2.20. The van der Waals surface area contributed by atoms with Crippen LogP contribution in [0.2, 0.25) is 0 Å². The van der Waals surface area contributed by atoms with Crippen molar-refractivity contribution < 1.29 is 9.53 Å². The number of benzene rings is 1. The number of rotatable bonds is 6. The number of hydrogen-bond acceptors (Lipinski definition) is 10. The molecule has 1 amide bonds. The van der Waals surface area contributed by atoms with Crippen molar-refractivity contribution in [1.82, 2.24) is 34.3 Å². The highest BCUT2D eigenvalue weighted by atomic mass is 32.1. The first-order valence-electron chi connectivity index (χ1n) is 13.6. The summed E-state index contributed by atoms with van der Waals surface area (Å²) in [5.41, 5.74) is 4.74. The zero-order valence-corrected chi connectivity index (χ0v) is 22.5. The molecule has 3 saturated heterocycles. The number of carbonyl (C=O) groups excluding carboxylic acids is 1. The van der Waals surface area contributed by atoms with Crippen LogP contribution in [-0.4, -0.2) is 98.7 Å². The van der Waals surface area contributed by atoms with Gasteiger partial charge in [0.15, 0.2) is 22.8 Å². The number of carbonyl (C=O) groups is 1. The standard InChI is InChI=1S/C27H31N9O2S/c37-26(34-8-1-9-34)19-2-4-20(5-3-19)30-24-23-25(36(17-28-23)22-16-39-18-29-22)32-27(31-24)35-10-6-21(7-11-35)33-12-14-38-15-13-33/h2-5,16-18,21H,1,6-15H2,(H,30,31,32). The minimum atomic E-state index is 0.0852. The fourth-order valence-corrected chi connectivity index (χ4v) is 6.04. The molecule has 1 aromatic carbocycles. The van der Waals surface area contributed by atoms with Gasteiger partial charge < -0.3 is 19.9 Å². The average molecular weight is 546 g/mol. The van der Waals surface area contributed by atoms with Crippen molar-refractivity contribution in [2.24, 2.45) is 0 Å². The first kappa shape index (κ1) is 24.4. The van der Waals surface area contributed by atoms with Gasteiger partial charge in [-0.25, -0.2) is 9.97 Å². The second-order valence-corrected chi connectivity index (χ2v) is 10.9. The summed E-state index contributed by atoms with van der Waals surface area (Å²) in [5, 5.41) is 5.43. The highest BCUT2D eigenvalue weighted by molar-refractivity contribution is 7.07. The Morgan fingerprint density at radius 3 is 2.46 bits per heavy atom. The van der Waals surface area contributed by atoms with Gasteiger partial charge in [-0.2, -0.15) is 9.97 Å². The zero-order valence-electron chi connectivity index (χ0n) is 21.7. The van der Waals surface area contributed by atoms with Crippen LogP contribution in [0.3, 0.4) is 0 Å². The van der Waals surface area contributed by atoms with Gasteiger partial charge in [0.25, 0.3) is 5.91 Å². The van der Waals surface area contributed by atoms with E-state index in [1.807, 2.05) is 44.6 Å². The number of morpholine rings is 1. The molecule has 0 spiro atoms. The van der Waals surface area contributed by atoms with Gasteiger partial charge in [-0.05, 0) is 43.5 Å². The summed E-state index contributed by atoms with van der Waals surface area (Å²) >= 11 is 1.54. The minimum absolute atomic E-state index is 0.0852. The average Bonchev–Trinajstić information content (AvgIpc) is 3.63. The van der Waals surface area contributed by atoms with Gasteiger partial charge in [0, 0.05) is 61.9 Å². The van der Waals surface area contributed by atoms with Crippen LogP contribution < -0.4 is 10.2 Å². The van der Waals surface area contributed by atoms with Gasteiger partial charge in [0.2, 0.25) is 5.95 Å². The molecule has 12 heteroatoms. The first-order valence-corrected chi connectivity index (χ1v) is 14.5. The summed E-state index contributed by atoms with van der Waals surface area (Å²) in [4.78, 5) is 38.4. The zero-order chi connectivity index (χ0) is 26.2. The molecule has 39 heavy (non-hydrogen) atoms. The van der Waals surface area contributed by atoms with E-state index in [0.717, 1.165) is 83.3 Å². The van der Waals surface area contributed by atoms with E-state index in [9.17, 15) is 4.79 Å². The van der Waals surface area contributed by atoms with Crippen molar-refractivity contribution in [2.75, 3.05) is 62.7 Å². The molecule has 11 nitrogen and oxygen atoms in total. The van der Waals surface area contributed by atoms with Gasteiger partial charge in [0.05, 0.1) is 18.7 Å². The predicted octanol–water partition coefficient (Wildman–Crippen LogP) is 3.16. The maximum atomic E-state index is 12.6. The number of fused-ring (bicyclic) bond motifs is 1. The monoisotopic (exact) mass is 545 g/mol. The summed E-state index contributed by atoms with van der Waals surface area (Å²) in [6.45, 7) is 7.13. The lowest BCUT2D eigenvalue weighted by molar-refractivity contribution is 0.0114. The van der Waals surface area contributed by atoms with Crippen LogP contribution in [0, 0.1) is 0 Å². The third-order valence-electron chi connectivity index (χ3n) is 7.90. The van der Waals surface area contributed by atoms with Gasteiger partial charge in [-0.1, -0.05) is 0 Å². The van der Waals surface area contributed by atoms with E-state index >= 15 is 0 Å². The Kier molecular flexibility index (Phi) is 6.59. The number of nitrogens with zero attached hydrogens (tertiary/aromatic N) is 8. The number of nitrogens with one attached hydrogen (secondary N) is 1. The number of hydrogen-bond donors (Lipinski definition) is 1. The molecule has 0 atom stereocenters. The molecule has 0 saturated carbocycles. The van der Waals surface area contributed by atoms with Crippen molar-refractivity contribution >= 4 is 45.9 Å². The Morgan fingerprint density at radius 1 is 0.974 bits per heavy atom. The van der Waals surface area contributed by atoms with E-state index in [1.165, 1.54) is 11.3 Å². The van der Waals surface area contributed by atoms with E-state index in [0.29, 0.717) is 34.5 Å². The van der Waals surface area contributed by atoms with Crippen LogP contribution in [0.5, 0.6) is 0 Å². The van der Waals surface area contributed by atoms with E-state index in [4.69, 9.17) is 14.7 Å². The summed E-state index contributed by atoms with van der Waals surface area (Å²) in [7, 11) is 0. The lowest BCUT2D eigenvalue weighted by Crippen LogP contribution is -2.49. The SMILES string of the molecule is O=C(c1ccc(Nc2nc(N3CCC(N4CCOCC4)CC3)nc3c2ncn3-c2cscn2)cc1)N1CCC1. The summed E-state index contributed by atoms with van der Waals surface area (Å²) in [6.07, 6.45) is 4.97. The molecule has 3 aromatic heterocycles. The van der Waals surface area contributed by atoms with Gasteiger partial charge in [-0.15, -0.1) is 11.3 Å². The van der Waals surface area contributed by atoms with Crippen molar-refractivity contribution in [3.05, 3.63) is 47.0 Å². The lowest BCUT2D eigenvalue weighted by atomic mass is 10.0. The summed E-state index contributed by atoms with van der Waals surface area (Å²) < 4.78 is 7.46. The smallest absolute Gasteiger partial charge is 0.253 e. The van der Waals surface area contributed by atoms with Crippen LogP contribution in [0.4, 0.5) is 17.5 Å². The second kappa shape index (κ2) is 10.5. The highest BCUT2D eigenvalue weighted by Crippen LogP contribution is 2.29. The van der Waals surface area contributed by atoms with Crippen molar-refractivity contribution in [2.45, 2.75) is 25.3 Å². The summed E-state index contributed by atoms with van der Waals surface area (Å²) in [6, 6.07) is 8.15. The Hall–Kier alpha value is -3.61. The molecule has 3 fully saturated rings. The quantitative estimate of drug-likeness (QED) is 0.391. The third-order valence-corrected chi connectivity index (χ3v) is 8.47. The van der Waals surface area contributed by atoms with E-state index in [-0.39, 0.29) is 5.91 Å². The Labute approximate surface area is 230 Å². The van der Waals surface area contributed by atoms with E-state index in [1.54, 1.807) is 6.33 Å². The van der Waals surface area contributed by atoms with Crippen molar-refractivity contribution in [3.63, 3.8) is 0 Å². The number of amides is 1. The topological polar surface area (TPSA) is 105 Å². The van der Waals surface area contributed by atoms with Gasteiger partial charge in [0.1, 0.15) is 6.33 Å². The van der Waals surface area contributed by atoms with Crippen molar-refractivity contribution in [3.8, 4) is 5.82 Å². The molecule has 202 valence electrons. The fraction of sp³-hybridized carbons (Fsp3) is 0.444. The third kappa shape index (κ3) is 4.83. The normalized spacial score (nSPS) is 18.9. The van der Waals surface area contributed by atoms with Crippen LogP contribution in [-0.2, 0) is 4.74 Å². The molecule has 4 aromatic rings. The molecular formula is C27H31N9O2S. The van der Waals surface area contributed by atoms with Gasteiger partial charge >= 0.3 is 0 Å². The largest absolute Gasteiger partial charge is 0.379 e.